The standard InChI is InChI=1S/C14H20N2O2S.ClH/c1-11(14(17)16-9-7-15-8-10-16)19-13-5-3-12(18-2)4-6-13;/h3-6,11,15H,7-10H2,1-2H3;1H. The lowest BCUT2D eigenvalue weighted by atomic mass is 10.3. The van der Waals surface area contributed by atoms with E-state index in [2.05, 4.69) is 5.32 Å². The third-order valence-corrected chi connectivity index (χ3v) is 4.25. The number of halogens is 1. The Hall–Kier alpha value is -0.910. The van der Waals surface area contributed by atoms with Gasteiger partial charge in [-0.2, -0.15) is 0 Å². The summed E-state index contributed by atoms with van der Waals surface area (Å²) in [4.78, 5) is 15.3. The number of hydrogen-bond donors (Lipinski definition) is 1. The maximum atomic E-state index is 12.3. The second kappa shape index (κ2) is 8.39. The predicted molar refractivity (Wildman–Crippen MR) is 85.0 cm³/mol. The summed E-state index contributed by atoms with van der Waals surface area (Å²) in [5.74, 6) is 1.06. The SMILES string of the molecule is COc1ccc(SC(C)C(=O)N2CCNCC2)cc1.Cl. The lowest BCUT2D eigenvalue weighted by Crippen LogP contribution is -2.48. The van der Waals surface area contributed by atoms with Gasteiger partial charge >= 0.3 is 0 Å². The fourth-order valence-corrected chi connectivity index (χ4v) is 3.00. The minimum atomic E-state index is -0.0495. The van der Waals surface area contributed by atoms with E-state index in [1.165, 1.54) is 0 Å². The van der Waals surface area contributed by atoms with Gasteiger partial charge in [-0.1, -0.05) is 0 Å². The van der Waals surface area contributed by atoms with E-state index in [9.17, 15) is 4.79 Å². The van der Waals surface area contributed by atoms with Crippen LogP contribution >= 0.6 is 24.2 Å². The molecule has 0 saturated carbocycles. The van der Waals surface area contributed by atoms with Crippen molar-refractivity contribution in [1.29, 1.82) is 0 Å². The van der Waals surface area contributed by atoms with Gasteiger partial charge in [-0.05, 0) is 31.2 Å². The molecular formula is C14H21ClN2O2S. The van der Waals surface area contributed by atoms with Crippen LogP contribution in [0.25, 0.3) is 0 Å². The molecule has 1 unspecified atom stereocenters. The van der Waals surface area contributed by atoms with E-state index in [0.29, 0.717) is 0 Å². The summed E-state index contributed by atoms with van der Waals surface area (Å²) in [6.45, 7) is 5.38. The average Bonchev–Trinajstić information content (AvgIpc) is 2.48. The molecule has 0 spiro atoms. The highest BCUT2D eigenvalue weighted by molar-refractivity contribution is 8.00. The molecule has 1 aliphatic rings. The lowest BCUT2D eigenvalue weighted by molar-refractivity contribution is -0.130. The third-order valence-electron chi connectivity index (χ3n) is 3.15. The number of nitrogens with zero attached hydrogens (tertiary/aromatic N) is 1. The minimum Gasteiger partial charge on any atom is -0.497 e. The average molecular weight is 317 g/mol. The number of carbonyl (C=O) groups excluding carboxylic acids is 1. The smallest absolute Gasteiger partial charge is 0.235 e. The van der Waals surface area contributed by atoms with Crippen LogP contribution in [0.2, 0.25) is 0 Å². The van der Waals surface area contributed by atoms with Crippen LogP contribution in [0.5, 0.6) is 5.75 Å². The largest absolute Gasteiger partial charge is 0.497 e. The van der Waals surface area contributed by atoms with Crippen LogP contribution in [-0.2, 0) is 4.79 Å². The quantitative estimate of drug-likeness (QED) is 0.863. The molecule has 1 heterocycles. The Bertz CT molecular complexity index is 422. The molecule has 112 valence electrons. The van der Waals surface area contributed by atoms with Gasteiger partial charge in [0, 0.05) is 31.1 Å². The molecule has 20 heavy (non-hydrogen) atoms. The summed E-state index contributed by atoms with van der Waals surface area (Å²) >= 11 is 1.60. The van der Waals surface area contributed by atoms with Gasteiger partial charge in [0.05, 0.1) is 12.4 Å². The molecule has 4 nitrogen and oxygen atoms in total. The lowest BCUT2D eigenvalue weighted by Gasteiger charge is -2.29. The van der Waals surface area contributed by atoms with Crippen LogP contribution in [0.3, 0.4) is 0 Å². The van der Waals surface area contributed by atoms with E-state index < -0.39 is 0 Å². The molecule has 1 aliphatic heterocycles. The summed E-state index contributed by atoms with van der Waals surface area (Å²) in [6.07, 6.45) is 0. The Morgan fingerprint density at radius 1 is 1.30 bits per heavy atom. The Morgan fingerprint density at radius 2 is 1.90 bits per heavy atom. The van der Waals surface area contributed by atoms with Gasteiger partial charge in [0.25, 0.3) is 0 Å². The van der Waals surface area contributed by atoms with Crippen molar-refractivity contribution >= 4 is 30.1 Å². The van der Waals surface area contributed by atoms with Gasteiger partial charge in [0.1, 0.15) is 5.75 Å². The van der Waals surface area contributed by atoms with Gasteiger partial charge in [0.15, 0.2) is 0 Å². The van der Waals surface area contributed by atoms with Crippen molar-refractivity contribution in [3.05, 3.63) is 24.3 Å². The molecule has 0 radical (unpaired) electrons. The Labute approximate surface area is 130 Å². The van der Waals surface area contributed by atoms with Crippen molar-refractivity contribution < 1.29 is 9.53 Å². The monoisotopic (exact) mass is 316 g/mol. The summed E-state index contributed by atoms with van der Waals surface area (Å²) in [5.41, 5.74) is 0. The van der Waals surface area contributed by atoms with Crippen molar-refractivity contribution in [3.63, 3.8) is 0 Å². The molecule has 1 atom stereocenters. The first-order chi connectivity index (χ1) is 9.20. The van der Waals surface area contributed by atoms with E-state index in [4.69, 9.17) is 4.74 Å². The minimum absolute atomic E-state index is 0. The molecule has 1 N–H and O–H groups in total. The number of hydrogen-bond acceptors (Lipinski definition) is 4. The molecule has 6 heteroatoms. The van der Waals surface area contributed by atoms with E-state index in [-0.39, 0.29) is 23.6 Å². The second-order valence-corrected chi connectivity index (χ2v) is 5.93. The van der Waals surface area contributed by atoms with Gasteiger partial charge in [-0.3, -0.25) is 4.79 Å². The van der Waals surface area contributed by atoms with Crippen LogP contribution < -0.4 is 10.1 Å². The third kappa shape index (κ3) is 4.58. The van der Waals surface area contributed by atoms with E-state index in [0.717, 1.165) is 36.8 Å². The zero-order valence-electron chi connectivity index (χ0n) is 11.8. The molecule has 1 aromatic carbocycles. The zero-order valence-corrected chi connectivity index (χ0v) is 13.4. The molecule has 1 aromatic rings. The first kappa shape index (κ1) is 17.1. The second-order valence-electron chi connectivity index (χ2n) is 4.51. The topological polar surface area (TPSA) is 41.6 Å². The molecule has 0 bridgehead atoms. The van der Waals surface area contributed by atoms with Gasteiger partial charge in [-0.25, -0.2) is 0 Å². The Morgan fingerprint density at radius 3 is 2.45 bits per heavy atom. The molecule has 1 fully saturated rings. The highest BCUT2D eigenvalue weighted by Gasteiger charge is 2.22. The number of methoxy groups -OCH3 is 1. The van der Waals surface area contributed by atoms with Gasteiger partial charge < -0.3 is 15.0 Å². The van der Waals surface area contributed by atoms with Crippen molar-refractivity contribution in [2.75, 3.05) is 33.3 Å². The Balaban J connectivity index is 0.00000200. The maximum Gasteiger partial charge on any atom is 0.235 e. The van der Waals surface area contributed by atoms with Crippen LogP contribution in [0.4, 0.5) is 0 Å². The molecule has 1 amide bonds. The van der Waals surface area contributed by atoms with Crippen LogP contribution in [0.15, 0.2) is 29.2 Å². The Kier molecular flexibility index (Phi) is 7.19. The summed E-state index contributed by atoms with van der Waals surface area (Å²) in [7, 11) is 1.65. The number of rotatable bonds is 4. The molecule has 2 rings (SSSR count). The molecule has 0 aliphatic carbocycles. The molecule has 1 saturated heterocycles. The highest BCUT2D eigenvalue weighted by Crippen LogP contribution is 2.26. The number of carbonyl (C=O) groups is 1. The number of ether oxygens (including phenoxy) is 1. The molecule has 0 aromatic heterocycles. The van der Waals surface area contributed by atoms with Crippen molar-refractivity contribution in [3.8, 4) is 5.75 Å². The number of thioether (sulfide) groups is 1. The number of nitrogens with one attached hydrogen (secondary N) is 1. The van der Waals surface area contributed by atoms with Crippen molar-refractivity contribution in [1.82, 2.24) is 10.2 Å². The number of amides is 1. The normalized spacial score (nSPS) is 16.2. The van der Waals surface area contributed by atoms with Gasteiger partial charge in [0.2, 0.25) is 5.91 Å². The van der Waals surface area contributed by atoms with Crippen molar-refractivity contribution in [2.24, 2.45) is 0 Å². The van der Waals surface area contributed by atoms with E-state index in [1.54, 1.807) is 18.9 Å². The first-order valence-electron chi connectivity index (χ1n) is 6.51. The first-order valence-corrected chi connectivity index (χ1v) is 7.39. The van der Waals surface area contributed by atoms with Crippen LogP contribution in [0, 0.1) is 0 Å². The predicted octanol–water partition coefficient (Wildman–Crippen LogP) is 2.03. The fraction of sp³-hybridized carbons (Fsp3) is 0.500. The number of benzene rings is 1. The van der Waals surface area contributed by atoms with Crippen LogP contribution in [-0.4, -0.2) is 49.3 Å². The zero-order chi connectivity index (χ0) is 13.7. The molecular weight excluding hydrogens is 296 g/mol. The maximum absolute atomic E-state index is 12.3. The summed E-state index contributed by atoms with van der Waals surface area (Å²) in [5, 5.41) is 3.21. The summed E-state index contributed by atoms with van der Waals surface area (Å²) < 4.78 is 5.13. The van der Waals surface area contributed by atoms with E-state index in [1.807, 2.05) is 36.1 Å². The number of piperazine rings is 1. The summed E-state index contributed by atoms with van der Waals surface area (Å²) in [6, 6.07) is 7.82. The van der Waals surface area contributed by atoms with Crippen LogP contribution in [0.1, 0.15) is 6.92 Å². The fourth-order valence-electron chi connectivity index (χ4n) is 2.05. The van der Waals surface area contributed by atoms with Crippen molar-refractivity contribution in [2.45, 2.75) is 17.1 Å². The highest BCUT2D eigenvalue weighted by atomic mass is 35.5. The van der Waals surface area contributed by atoms with E-state index >= 15 is 0 Å². The van der Waals surface area contributed by atoms with Gasteiger partial charge in [-0.15, -0.1) is 24.2 Å².